The molecule has 0 aromatic carbocycles. The van der Waals surface area contributed by atoms with E-state index in [0.717, 1.165) is 76.5 Å². The Kier molecular flexibility index (Phi) is 7.37. The minimum atomic E-state index is -0.311. The summed E-state index contributed by atoms with van der Waals surface area (Å²) in [6, 6.07) is 0. The van der Waals surface area contributed by atoms with Crippen molar-refractivity contribution in [3.05, 3.63) is 0 Å². The number of carbonyl (C=O) groups excluding carboxylic acids is 1. The summed E-state index contributed by atoms with van der Waals surface area (Å²) in [5, 5.41) is 0. The number of hydrogen-bond donors (Lipinski definition) is 0. The molecule has 226 valence electrons. The fourth-order valence-electron chi connectivity index (χ4n) is 11.7. The van der Waals surface area contributed by atoms with Crippen LogP contribution in [0.25, 0.3) is 0 Å². The minimum Gasteiger partial charge on any atom is -0.462 e. The van der Waals surface area contributed by atoms with Crippen LogP contribution in [0.3, 0.4) is 0 Å². The summed E-state index contributed by atoms with van der Waals surface area (Å²) in [5.74, 6) is 4.62. The number of fused-ring (bicyclic) bond motifs is 7. The second kappa shape index (κ2) is 10.5. The molecule has 1 spiro atoms. The Bertz CT molecular complexity index is 943. The molecule has 12 atom stereocenters. The van der Waals surface area contributed by atoms with E-state index in [0.29, 0.717) is 47.0 Å². The second-order valence-corrected chi connectivity index (χ2v) is 15.8. The predicted octanol–water partition coefficient (Wildman–Crippen LogP) is 6.07. The van der Waals surface area contributed by atoms with Crippen LogP contribution in [0.4, 0.5) is 0 Å². The molecule has 4 saturated carbocycles. The topological polar surface area (TPSA) is 57.2 Å². The standard InChI is InChI=1S/C34H55NO5/c1-22-7-13-34(38-21-22)23(2)31-29(40-34)20-28-26-6-5-24-19-25(39-30(36)10-14-35-15-17-37-18-16-35)8-11-32(24,3)27(26)9-12-33(28,31)4/h22-29,31H,5-21H2,1-4H3. The van der Waals surface area contributed by atoms with Gasteiger partial charge in [-0.25, -0.2) is 0 Å². The first kappa shape index (κ1) is 28.1. The van der Waals surface area contributed by atoms with Gasteiger partial charge in [0.05, 0.1) is 32.3 Å². The molecule has 0 N–H and O–H groups in total. The third-order valence-corrected chi connectivity index (χ3v) is 13.9. The molecule has 0 aromatic rings. The number of carbonyl (C=O) groups is 1. The number of esters is 1. The van der Waals surface area contributed by atoms with Gasteiger partial charge in [-0.2, -0.15) is 0 Å². The zero-order valence-corrected chi connectivity index (χ0v) is 25.7. The quantitative estimate of drug-likeness (QED) is 0.391. The molecule has 7 aliphatic rings. The Balaban J connectivity index is 0.979. The van der Waals surface area contributed by atoms with Crippen molar-refractivity contribution >= 4 is 5.97 Å². The Hall–Kier alpha value is -0.690. The van der Waals surface area contributed by atoms with Crippen LogP contribution in [0, 0.1) is 52.3 Å². The molecular formula is C34H55NO5. The molecule has 3 saturated heterocycles. The average molecular weight is 558 g/mol. The highest BCUT2D eigenvalue weighted by Gasteiger charge is 2.69. The molecule has 40 heavy (non-hydrogen) atoms. The first-order chi connectivity index (χ1) is 19.2. The van der Waals surface area contributed by atoms with Crippen LogP contribution in [-0.2, 0) is 23.7 Å². The van der Waals surface area contributed by atoms with Gasteiger partial charge in [0.25, 0.3) is 0 Å². The second-order valence-electron chi connectivity index (χ2n) is 15.8. The number of rotatable bonds is 4. The van der Waals surface area contributed by atoms with Gasteiger partial charge in [0.2, 0.25) is 0 Å². The Morgan fingerprint density at radius 2 is 1.73 bits per heavy atom. The average Bonchev–Trinajstić information content (AvgIpc) is 3.40. The lowest BCUT2D eigenvalue weighted by atomic mass is 9.44. The summed E-state index contributed by atoms with van der Waals surface area (Å²) in [7, 11) is 0. The van der Waals surface area contributed by atoms with Crippen LogP contribution in [-0.4, -0.2) is 68.3 Å². The van der Waals surface area contributed by atoms with Crippen molar-refractivity contribution < 1.29 is 23.7 Å². The zero-order chi connectivity index (χ0) is 27.7. The van der Waals surface area contributed by atoms with Gasteiger partial charge >= 0.3 is 5.97 Å². The van der Waals surface area contributed by atoms with E-state index in [1.807, 2.05) is 0 Å². The van der Waals surface area contributed by atoms with Crippen molar-refractivity contribution in [2.75, 3.05) is 39.5 Å². The maximum Gasteiger partial charge on any atom is 0.307 e. The molecule has 7 rings (SSSR count). The third kappa shape index (κ3) is 4.52. The Labute approximate surface area is 242 Å². The lowest BCUT2D eigenvalue weighted by molar-refractivity contribution is -0.273. The van der Waals surface area contributed by atoms with E-state index in [1.54, 1.807) is 0 Å². The summed E-state index contributed by atoms with van der Waals surface area (Å²) in [4.78, 5) is 15.1. The normalized spacial score (nSPS) is 52.5. The first-order valence-electron chi connectivity index (χ1n) is 17.0. The molecule has 0 bridgehead atoms. The summed E-state index contributed by atoms with van der Waals surface area (Å²) < 4.78 is 25.0. The lowest BCUT2D eigenvalue weighted by Crippen LogP contribution is -2.55. The first-order valence-corrected chi connectivity index (χ1v) is 17.0. The number of ether oxygens (including phenoxy) is 4. The summed E-state index contributed by atoms with van der Waals surface area (Å²) in [6.45, 7) is 15.1. The molecule has 6 heteroatoms. The molecule has 6 nitrogen and oxygen atoms in total. The van der Waals surface area contributed by atoms with Gasteiger partial charge in [0.15, 0.2) is 5.79 Å². The van der Waals surface area contributed by atoms with E-state index in [1.165, 1.54) is 44.9 Å². The van der Waals surface area contributed by atoms with Gasteiger partial charge < -0.3 is 18.9 Å². The summed E-state index contributed by atoms with van der Waals surface area (Å²) in [5.41, 5.74) is 0.784. The molecule has 3 heterocycles. The van der Waals surface area contributed by atoms with Crippen molar-refractivity contribution in [1.29, 1.82) is 0 Å². The van der Waals surface area contributed by atoms with E-state index >= 15 is 0 Å². The summed E-state index contributed by atoms with van der Waals surface area (Å²) >= 11 is 0. The minimum absolute atomic E-state index is 0.00278. The molecule has 0 aromatic heterocycles. The Morgan fingerprint density at radius 1 is 0.925 bits per heavy atom. The van der Waals surface area contributed by atoms with Gasteiger partial charge in [0, 0.05) is 32.0 Å². The van der Waals surface area contributed by atoms with Crippen LogP contribution in [0.1, 0.15) is 98.3 Å². The highest BCUT2D eigenvalue weighted by atomic mass is 16.7. The number of morpholine rings is 1. The van der Waals surface area contributed by atoms with Gasteiger partial charge in [-0.1, -0.05) is 27.7 Å². The maximum atomic E-state index is 12.7. The molecule has 3 aliphatic heterocycles. The molecule has 0 radical (unpaired) electrons. The van der Waals surface area contributed by atoms with E-state index < -0.39 is 0 Å². The van der Waals surface area contributed by atoms with Crippen LogP contribution in [0.5, 0.6) is 0 Å². The molecule has 12 unspecified atom stereocenters. The highest BCUT2D eigenvalue weighted by molar-refractivity contribution is 5.69. The number of hydrogen-bond acceptors (Lipinski definition) is 6. The lowest BCUT2D eigenvalue weighted by Gasteiger charge is -2.61. The fourth-order valence-corrected chi connectivity index (χ4v) is 11.7. The van der Waals surface area contributed by atoms with Gasteiger partial charge in [-0.15, -0.1) is 0 Å². The van der Waals surface area contributed by atoms with Crippen LogP contribution >= 0.6 is 0 Å². The van der Waals surface area contributed by atoms with E-state index in [9.17, 15) is 4.79 Å². The zero-order valence-electron chi connectivity index (χ0n) is 25.7. The largest absolute Gasteiger partial charge is 0.462 e. The van der Waals surface area contributed by atoms with Gasteiger partial charge in [0.1, 0.15) is 6.10 Å². The van der Waals surface area contributed by atoms with Crippen molar-refractivity contribution in [1.82, 2.24) is 4.90 Å². The highest BCUT2D eigenvalue weighted by Crippen LogP contribution is 2.71. The molecule has 4 aliphatic carbocycles. The van der Waals surface area contributed by atoms with E-state index in [4.69, 9.17) is 18.9 Å². The predicted molar refractivity (Wildman–Crippen MR) is 153 cm³/mol. The monoisotopic (exact) mass is 557 g/mol. The van der Waals surface area contributed by atoms with Crippen molar-refractivity contribution in [3.8, 4) is 0 Å². The van der Waals surface area contributed by atoms with Crippen LogP contribution in [0.15, 0.2) is 0 Å². The molecular weight excluding hydrogens is 502 g/mol. The van der Waals surface area contributed by atoms with Gasteiger partial charge in [-0.3, -0.25) is 9.69 Å². The van der Waals surface area contributed by atoms with Gasteiger partial charge in [-0.05, 0) is 104 Å². The smallest absolute Gasteiger partial charge is 0.307 e. The van der Waals surface area contributed by atoms with Crippen molar-refractivity contribution in [3.63, 3.8) is 0 Å². The maximum absolute atomic E-state index is 12.7. The van der Waals surface area contributed by atoms with Crippen molar-refractivity contribution in [2.24, 2.45) is 52.3 Å². The Morgan fingerprint density at radius 3 is 2.50 bits per heavy atom. The summed E-state index contributed by atoms with van der Waals surface area (Å²) in [6.07, 6.45) is 13.3. The van der Waals surface area contributed by atoms with E-state index in [2.05, 4.69) is 32.6 Å². The SMILES string of the molecule is CC1CCC2(OC1)OC1CC3C4CCC5CC(OC(=O)CCN6CCOCC6)CCC5(C)C4CCC3(C)C1C2C. The van der Waals surface area contributed by atoms with Crippen LogP contribution < -0.4 is 0 Å². The third-order valence-electron chi connectivity index (χ3n) is 13.9. The molecule has 0 amide bonds. The fraction of sp³-hybridized carbons (Fsp3) is 0.971. The van der Waals surface area contributed by atoms with E-state index in [-0.39, 0.29) is 17.9 Å². The van der Waals surface area contributed by atoms with Crippen molar-refractivity contribution in [2.45, 2.75) is 116 Å². The molecule has 7 fully saturated rings. The van der Waals surface area contributed by atoms with Crippen LogP contribution in [0.2, 0.25) is 0 Å². The number of nitrogens with zero attached hydrogens (tertiary/aromatic N) is 1.